The van der Waals surface area contributed by atoms with Gasteiger partial charge >= 0.3 is 6.03 Å². The standard InChI is InChI=1S/C14H18N4O3S/c19-10(16-12-15-7-9-22-12)4-3-8-18-11(20)14(17-13(18)21)5-1-2-6-14/h7,9H,1-6,8H2,(H,17,21)(H,15,16,19). The van der Waals surface area contributed by atoms with Crippen LogP contribution in [0.15, 0.2) is 11.6 Å². The molecular weight excluding hydrogens is 304 g/mol. The van der Waals surface area contributed by atoms with Gasteiger partial charge in [-0.2, -0.15) is 0 Å². The molecule has 0 aromatic carbocycles. The quantitative estimate of drug-likeness (QED) is 0.808. The van der Waals surface area contributed by atoms with E-state index >= 15 is 0 Å². The maximum atomic E-state index is 12.4. The molecule has 1 spiro atoms. The van der Waals surface area contributed by atoms with Crippen LogP contribution >= 0.6 is 11.3 Å². The molecule has 2 aliphatic rings. The largest absolute Gasteiger partial charge is 0.325 e. The molecule has 1 saturated heterocycles. The van der Waals surface area contributed by atoms with Crippen LogP contribution in [-0.2, 0) is 9.59 Å². The molecule has 1 aliphatic carbocycles. The van der Waals surface area contributed by atoms with Crippen LogP contribution in [0.4, 0.5) is 9.93 Å². The van der Waals surface area contributed by atoms with Gasteiger partial charge in [0, 0.05) is 24.5 Å². The predicted molar refractivity (Wildman–Crippen MR) is 81.4 cm³/mol. The third-order valence-electron chi connectivity index (χ3n) is 4.17. The van der Waals surface area contributed by atoms with Crippen LogP contribution in [0.2, 0.25) is 0 Å². The summed E-state index contributed by atoms with van der Waals surface area (Å²) in [5.74, 6) is -0.284. The van der Waals surface area contributed by atoms with E-state index in [9.17, 15) is 14.4 Å². The Hall–Kier alpha value is -1.96. The number of amides is 4. The first kappa shape index (κ1) is 15.0. The number of carbonyl (C=O) groups excluding carboxylic acids is 3. The molecule has 0 atom stereocenters. The number of nitrogens with zero attached hydrogens (tertiary/aromatic N) is 2. The van der Waals surface area contributed by atoms with Crippen LogP contribution in [0.3, 0.4) is 0 Å². The molecule has 3 rings (SSSR count). The van der Waals surface area contributed by atoms with Crippen molar-refractivity contribution in [1.82, 2.24) is 15.2 Å². The maximum absolute atomic E-state index is 12.4. The number of imide groups is 1. The van der Waals surface area contributed by atoms with Crippen molar-refractivity contribution < 1.29 is 14.4 Å². The molecule has 7 nitrogen and oxygen atoms in total. The summed E-state index contributed by atoms with van der Waals surface area (Å²) in [6, 6.07) is -0.327. The maximum Gasteiger partial charge on any atom is 0.325 e. The Morgan fingerprint density at radius 2 is 2.18 bits per heavy atom. The minimum Gasteiger partial charge on any atom is -0.323 e. The molecule has 22 heavy (non-hydrogen) atoms. The average Bonchev–Trinajstić information content (AvgIpc) is 3.18. The second kappa shape index (κ2) is 6.04. The third kappa shape index (κ3) is 2.83. The lowest BCUT2D eigenvalue weighted by atomic mass is 9.98. The van der Waals surface area contributed by atoms with Gasteiger partial charge in [-0.15, -0.1) is 11.3 Å². The summed E-state index contributed by atoms with van der Waals surface area (Å²) < 4.78 is 0. The average molecular weight is 322 g/mol. The van der Waals surface area contributed by atoms with Gasteiger partial charge in [-0.05, 0) is 19.3 Å². The van der Waals surface area contributed by atoms with Gasteiger partial charge in [0.15, 0.2) is 5.13 Å². The van der Waals surface area contributed by atoms with Crippen molar-refractivity contribution in [3.05, 3.63) is 11.6 Å². The van der Waals surface area contributed by atoms with Gasteiger partial charge in [0.05, 0.1) is 0 Å². The van der Waals surface area contributed by atoms with E-state index in [0.717, 1.165) is 25.7 Å². The number of urea groups is 1. The highest BCUT2D eigenvalue weighted by Gasteiger charge is 2.51. The lowest BCUT2D eigenvalue weighted by Crippen LogP contribution is -2.44. The number of aromatic nitrogens is 1. The summed E-state index contributed by atoms with van der Waals surface area (Å²) in [5, 5.41) is 7.86. The zero-order chi connectivity index (χ0) is 15.6. The molecule has 1 aromatic heterocycles. The molecular formula is C14H18N4O3S. The minimum atomic E-state index is -0.666. The van der Waals surface area contributed by atoms with Gasteiger partial charge < -0.3 is 10.6 Å². The van der Waals surface area contributed by atoms with Crippen molar-refractivity contribution in [2.45, 2.75) is 44.1 Å². The van der Waals surface area contributed by atoms with E-state index in [1.807, 2.05) is 0 Å². The van der Waals surface area contributed by atoms with Crippen molar-refractivity contribution >= 4 is 34.3 Å². The van der Waals surface area contributed by atoms with E-state index < -0.39 is 5.54 Å². The van der Waals surface area contributed by atoms with Gasteiger partial charge in [-0.3, -0.25) is 14.5 Å². The van der Waals surface area contributed by atoms with Gasteiger partial charge in [-0.1, -0.05) is 12.8 Å². The lowest BCUT2D eigenvalue weighted by molar-refractivity contribution is -0.131. The summed E-state index contributed by atoms with van der Waals surface area (Å²) in [6.45, 7) is 0.276. The fourth-order valence-electron chi connectivity index (χ4n) is 3.06. The normalized spacial score (nSPS) is 19.7. The van der Waals surface area contributed by atoms with Crippen molar-refractivity contribution in [3.8, 4) is 0 Å². The van der Waals surface area contributed by atoms with Crippen LogP contribution in [0.1, 0.15) is 38.5 Å². The molecule has 8 heteroatoms. The van der Waals surface area contributed by atoms with Gasteiger partial charge in [0.25, 0.3) is 5.91 Å². The zero-order valence-corrected chi connectivity index (χ0v) is 12.9. The SMILES string of the molecule is O=C(CCCN1C(=O)NC2(CCCC2)C1=O)Nc1nccs1. The number of hydrogen-bond donors (Lipinski definition) is 2. The topological polar surface area (TPSA) is 91.4 Å². The predicted octanol–water partition coefficient (Wildman–Crippen LogP) is 1.73. The smallest absolute Gasteiger partial charge is 0.323 e. The fourth-order valence-corrected chi connectivity index (χ4v) is 3.61. The van der Waals surface area contributed by atoms with Crippen LogP contribution in [0.25, 0.3) is 0 Å². The molecule has 2 heterocycles. The van der Waals surface area contributed by atoms with E-state index in [4.69, 9.17) is 0 Å². The Morgan fingerprint density at radius 3 is 2.86 bits per heavy atom. The van der Waals surface area contributed by atoms with Crippen LogP contribution in [0.5, 0.6) is 0 Å². The van der Waals surface area contributed by atoms with E-state index in [1.165, 1.54) is 16.2 Å². The van der Waals surface area contributed by atoms with E-state index in [2.05, 4.69) is 15.6 Å². The zero-order valence-electron chi connectivity index (χ0n) is 12.1. The summed E-state index contributed by atoms with van der Waals surface area (Å²) in [5.41, 5.74) is -0.666. The van der Waals surface area contributed by atoms with Crippen molar-refractivity contribution in [2.75, 3.05) is 11.9 Å². The fraction of sp³-hybridized carbons (Fsp3) is 0.571. The lowest BCUT2D eigenvalue weighted by Gasteiger charge is -2.19. The second-order valence-electron chi connectivity index (χ2n) is 5.67. The van der Waals surface area contributed by atoms with E-state index in [0.29, 0.717) is 11.6 Å². The molecule has 1 saturated carbocycles. The summed E-state index contributed by atoms with van der Waals surface area (Å²) in [7, 11) is 0. The molecule has 0 radical (unpaired) electrons. The van der Waals surface area contributed by atoms with Gasteiger partial charge in [-0.25, -0.2) is 9.78 Å². The van der Waals surface area contributed by atoms with Crippen LogP contribution in [-0.4, -0.2) is 39.8 Å². The second-order valence-corrected chi connectivity index (χ2v) is 6.56. The summed E-state index contributed by atoms with van der Waals surface area (Å²) in [6.07, 6.45) is 5.70. The monoisotopic (exact) mass is 322 g/mol. The first-order valence-corrected chi connectivity index (χ1v) is 8.32. The van der Waals surface area contributed by atoms with Gasteiger partial charge in [0.2, 0.25) is 5.91 Å². The van der Waals surface area contributed by atoms with Crippen molar-refractivity contribution in [3.63, 3.8) is 0 Å². The molecule has 2 N–H and O–H groups in total. The molecule has 4 amide bonds. The Balaban J connectivity index is 1.48. The molecule has 0 unspecified atom stereocenters. The molecule has 1 aliphatic heterocycles. The number of carbonyl (C=O) groups is 3. The number of hydrogen-bond acceptors (Lipinski definition) is 5. The highest BCUT2D eigenvalue weighted by molar-refractivity contribution is 7.13. The van der Waals surface area contributed by atoms with Crippen LogP contribution < -0.4 is 10.6 Å². The first-order valence-electron chi connectivity index (χ1n) is 7.44. The Morgan fingerprint density at radius 1 is 1.41 bits per heavy atom. The molecule has 2 fully saturated rings. The third-order valence-corrected chi connectivity index (χ3v) is 4.86. The highest BCUT2D eigenvalue weighted by Crippen LogP contribution is 2.35. The Kier molecular flexibility index (Phi) is 4.10. The van der Waals surface area contributed by atoms with Crippen molar-refractivity contribution in [2.24, 2.45) is 0 Å². The van der Waals surface area contributed by atoms with Crippen molar-refractivity contribution in [1.29, 1.82) is 0 Å². The van der Waals surface area contributed by atoms with E-state index in [1.54, 1.807) is 11.6 Å². The summed E-state index contributed by atoms with van der Waals surface area (Å²) in [4.78, 5) is 41.3. The molecule has 1 aromatic rings. The molecule has 0 bridgehead atoms. The minimum absolute atomic E-state index is 0.129. The van der Waals surface area contributed by atoms with E-state index in [-0.39, 0.29) is 30.8 Å². The molecule has 118 valence electrons. The number of nitrogens with one attached hydrogen (secondary N) is 2. The number of thiazole rings is 1. The van der Waals surface area contributed by atoms with Crippen LogP contribution in [0, 0.1) is 0 Å². The Labute approximate surface area is 132 Å². The summed E-state index contributed by atoms with van der Waals surface area (Å²) >= 11 is 1.35. The first-order chi connectivity index (χ1) is 10.6. The Bertz CT molecular complexity index is 581. The number of rotatable bonds is 5. The highest BCUT2D eigenvalue weighted by atomic mass is 32.1. The van der Waals surface area contributed by atoms with Gasteiger partial charge in [0.1, 0.15) is 5.54 Å². The number of anilines is 1.